The van der Waals surface area contributed by atoms with Crippen LogP contribution in [0.5, 0.6) is 5.75 Å². The third-order valence-corrected chi connectivity index (χ3v) is 7.97. The Bertz CT molecular complexity index is 1660. The number of ether oxygens (including phenoxy) is 1. The number of anilines is 1. The van der Waals surface area contributed by atoms with Gasteiger partial charge in [0.25, 0.3) is 0 Å². The second-order valence-corrected chi connectivity index (χ2v) is 10.1. The Labute approximate surface area is 217 Å². The number of rotatable bonds is 2. The van der Waals surface area contributed by atoms with Crippen molar-refractivity contribution in [2.75, 3.05) is 4.90 Å². The van der Waals surface area contributed by atoms with E-state index < -0.39 is 29.6 Å². The first-order valence-corrected chi connectivity index (χ1v) is 12.5. The number of esters is 1. The number of carbonyl (C=O) groups excluding carboxylic acids is 3. The highest BCUT2D eigenvalue weighted by Crippen LogP contribution is 2.55. The highest BCUT2D eigenvalue weighted by atomic mass is 35.5. The van der Waals surface area contributed by atoms with Gasteiger partial charge in [0.15, 0.2) is 0 Å². The maximum Gasteiger partial charge on any atom is 0.319 e. The van der Waals surface area contributed by atoms with Crippen LogP contribution in [0.25, 0.3) is 16.3 Å². The van der Waals surface area contributed by atoms with Crippen molar-refractivity contribution in [1.82, 2.24) is 0 Å². The van der Waals surface area contributed by atoms with Crippen LogP contribution in [0, 0.1) is 17.8 Å². The lowest BCUT2D eigenvalue weighted by molar-refractivity contribution is -0.142. The minimum absolute atomic E-state index is 0.335. The molecule has 0 spiro atoms. The van der Waals surface area contributed by atoms with E-state index in [9.17, 15) is 14.4 Å². The molecule has 0 N–H and O–H groups in total. The van der Waals surface area contributed by atoms with E-state index in [4.69, 9.17) is 16.3 Å². The van der Waals surface area contributed by atoms with Crippen molar-refractivity contribution >= 4 is 51.4 Å². The molecular formula is C31H20ClNO4. The van der Waals surface area contributed by atoms with Gasteiger partial charge in [-0.1, -0.05) is 90.5 Å². The minimum atomic E-state index is -0.885. The van der Waals surface area contributed by atoms with E-state index in [1.165, 1.54) is 4.90 Å². The normalized spacial score (nSPS) is 24.3. The average Bonchev–Trinajstić information content (AvgIpc) is 3.18. The maximum atomic E-state index is 14.0. The van der Waals surface area contributed by atoms with Gasteiger partial charge in [-0.25, -0.2) is 4.90 Å². The predicted molar refractivity (Wildman–Crippen MR) is 141 cm³/mol. The van der Waals surface area contributed by atoms with Crippen molar-refractivity contribution in [3.8, 4) is 5.75 Å². The molecule has 0 saturated carbocycles. The molecule has 5 nitrogen and oxygen atoms in total. The van der Waals surface area contributed by atoms with E-state index in [-0.39, 0.29) is 11.8 Å². The van der Waals surface area contributed by atoms with Gasteiger partial charge < -0.3 is 4.74 Å². The summed E-state index contributed by atoms with van der Waals surface area (Å²) in [6.07, 6.45) is 2.00. The van der Waals surface area contributed by atoms with E-state index in [1.807, 2.05) is 72.8 Å². The van der Waals surface area contributed by atoms with Gasteiger partial charge in [0, 0.05) is 21.9 Å². The van der Waals surface area contributed by atoms with Crippen molar-refractivity contribution < 1.29 is 19.1 Å². The van der Waals surface area contributed by atoms with Crippen LogP contribution >= 0.6 is 11.6 Å². The van der Waals surface area contributed by atoms with Gasteiger partial charge >= 0.3 is 5.97 Å². The Hall–Kier alpha value is -4.22. The quantitative estimate of drug-likeness (QED) is 0.190. The number of allylic oxidation sites excluding steroid dienone is 1. The Morgan fingerprint density at radius 1 is 0.757 bits per heavy atom. The van der Waals surface area contributed by atoms with Crippen molar-refractivity contribution in [3.63, 3.8) is 0 Å². The first-order chi connectivity index (χ1) is 18.0. The SMILES string of the molecule is O=C1Oc2c(ccc3ccccc23)C2=C[C@H](c3ccccc3)[C@@H]3C(=O)N(c4cccc(Cl)c4)C(=O)[C@@H]3[C@@H]12. The summed E-state index contributed by atoms with van der Waals surface area (Å²) in [5, 5.41) is 2.21. The van der Waals surface area contributed by atoms with Gasteiger partial charge in [-0.3, -0.25) is 14.4 Å². The van der Waals surface area contributed by atoms with Gasteiger partial charge in [-0.2, -0.15) is 0 Å². The molecule has 7 rings (SSSR count). The molecule has 4 aromatic carbocycles. The standard InChI is InChI=1S/C31H20ClNO4/c32-19-10-6-11-20(15-19)33-29(34)25-23(17-7-2-1-3-8-17)16-24-22-14-13-18-9-4-5-12-21(18)28(22)37-31(36)26(24)27(25)30(33)35/h1-16,23,25-27H/t23-,25+,26+,27+/m1/s1. The van der Waals surface area contributed by atoms with Crippen LogP contribution in [0.4, 0.5) is 5.69 Å². The van der Waals surface area contributed by atoms with E-state index in [0.717, 1.165) is 27.5 Å². The number of carbonyl (C=O) groups is 3. The number of hydrogen-bond donors (Lipinski definition) is 0. The molecule has 37 heavy (non-hydrogen) atoms. The highest BCUT2D eigenvalue weighted by Gasteiger charge is 2.60. The summed E-state index contributed by atoms with van der Waals surface area (Å²) >= 11 is 6.20. The molecule has 3 aliphatic rings. The van der Waals surface area contributed by atoms with Crippen molar-refractivity contribution in [2.45, 2.75) is 5.92 Å². The molecule has 1 saturated heterocycles. The van der Waals surface area contributed by atoms with Crippen molar-refractivity contribution in [3.05, 3.63) is 113 Å². The smallest absolute Gasteiger partial charge is 0.319 e. The van der Waals surface area contributed by atoms with Crippen molar-refractivity contribution in [2.24, 2.45) is 17.8 Å². The van der Waals surface area contributed by atoms with E-state index in [1.54, 1.807) is 24.3 Å². The van der Waals surface area contributed by atoms with Gasteiger partial charge in [-0.05, 0) is 34.7 Å². The third-order valence-electron chi connectivity index (χ3n) is 7.74. The number of imide groups is 1. The van der Waals surface area contributed by atoms with Crippen LogP contribution in [0.2, 0.25) is 5.02 Å². The largest absolute Gasteiger partial charge is 0.425 e. The Balaban J connectivity index is 1.45. The second kappa shape index (κ2) is 8.15. The molecule has 2 aliphatic heterocycles. The first kappa shape index (κ1) is 22.0. The summed E-state index contributed by atoms with van der Waals surface area (Å²) in [6, 6.07) is 28.0. The predicted octanol–water partition coefficient (Wildman–Crippen LogP) is 6.02. The summed E-state index contributed by atoms with van der Waals surface area (Å²) in [5.74, 6) is -3.64. The molecule has 2 amide bonds. The van der Waals surface area contributed by atoms with Gasteiger partial charge in [0.1, 0.15) is 5.75 Å². The van der Waals surface area contributed by atoms with Crippen LogP contribution in [0.15, 0.2) is 97.1 Å². The zero-order chi connectivity index (χ0) is 25.3. The molecule has 2 heterocycles. The van der Waals surface area contributed by atoms with Crippen LogP contribution in [0.3, 0.4) is 0 Å². The number of fused-ring (bicyclic) bond motifs is 7. The lowest BCUT2D eigenvalue weighted by Gasteiger charge is -2.38. The zero-order valence-electron chi connectivity index (χ0n) is 19.5. The lowest BCUT2D eigenvalue weighted by atomic mass is 9.64. The molecule has 0 unspecified atom stereocenters. The number of amides is 2. The number of hydrogen-bond acceptors (Lipinski definition) is 4. The molecule has 0 aromatic heterocycles. The average molecular weight is 506 g/mol. The summed E-state index contributed by atoms with van der Waals surface area (Å²) in [7, 11) is 0. The van der Waals surface area contributed by atoms with E-state index in [0.29, 0.717) is 16.5 Å². The fraction of sp³-hybridized carbons (Fsp3) is 0.129. The lowest BCUT2D eigenvalue weighted by Crippen LogP contribution is -2.42. The summed E-state index contributed by atoms with van der Waals surface area (Å²) in [6.45, 7) is 0. The summed E-state index contributed by atoms with van der Waals surface area (Å²) in [5.41, 5.74) is 2.84. The third kappa shape index (κ3) is 3.20. The highest BCUT2D eigenvalue weighted by molar-refractivity contribution is 6.31. The molecule has 0 bridgehead atoms. The fourth-order valence-electron chi connectivity index (χ4n) is 6.16. The van der Waals surface area contributed by atoms with Crippen molar-refractivity contribution in [1.29, 1.82) is 0 Å². The molecule has 6 heteroatoms. The number of nitrogens with zero attached hydrogens (tertiary/aromatic N) is 1. The first-order valence-electron chi connectivity index (χ1n) is 12.2. The zero-order valence-corrected chi connectivity index (χ0v) is 20.3. The van der Waals surface area contributed by atoms with Gasteiger partial charge in [0.05, 0.1) is 23.4 Å². The Morgan fingerprint density at radius 2 is 1.51 bits per heavy atom. The van der Waals surface area contributed by atoms with Crippen LogP contribution < -0.4 is 9.64 Å². The van der Waals surface area contributed by atoms with Crippen LogP contribution in [-0.2, 0) is 14.4 Å². The topological polar surface area (TPSA) is 63.7 Å². The number of halogens is 1. The molecule has 4 atom stereocenters. The summed E-state index contributed by atoms with van der Waals surface area (Å²) in [4.78, 5) is 42.7. The molecule has 180 valence electrons. The van der Waals surface area contributed by atoms with E-state index >= 15 is 0 Å². The van der Waals surface area contributed by atoms with Crippen LogP contribution in [-0.4, -0.2) is 17.8 Å². The molecule has 1 aliphatic carbocycles. The van der Waals surface area contributed by atoms with Gasteiger partial charge in [-0.15, -0.1) is 0 Å². The monoisotopic (exact) mass is 505 g/mol. The second-order valence-electron chi connectivity index (χ2n) is 9.66. The molecule has 4 aromatic rings. The molecule has 1 fully saturated rings. The van der Waals surface area contributed by atoms with Gasteiger partial charge in [0.2, 0.25) is 11.8 Å². The Kier molecular flexibility index (Phi) is 4.85. The van der Waals surface area contributed by atoms with E-state index in [2.05, 4.69) is 0 Å². The molecular weight excluding hydrogens is 486 g/mol. The van der Waals surface area contributed by atoms with Crippen LogP contribution in [0.1, 0.15) is 17.0 Å². The summed E-state index contributed by atoms with van der Waals surface area (Å²) < 4.78 is 5.92. The minimum Gasteiger partial charge on any atom is -0.425 e. The fourth-order valence-corrected chi connectivity index (χ4v) is 6.34. The maximum absolute atomic E-state index is 14.0. The number of benzene rings is 4. The Morgan fingerprint density at radius 3 is 2.32 bits per heavy atom. The molecule has 0 radical (unpaired) electrons.